The first-order valence-corrected chi connectivity index (χ1v) is 12.9. The van der Waals surface area contributed by atoms with Gasteiger partial charge in [-0.25, -0.2) is 8.42 Å². The fourth-order valence-corrected chi connectivity index (χ4v) is 4.94. The first-order chi connectivity index (χ1) is 14.5. The third-order valence-corrected chi connectivity index (χ3v) is 6.76. The molecule has 0 heterocycles. The van der Waals surface area contributed by atoms with E-state index in [1.54, 1.807) is 13.2 Å². The number of ether oxygens (including phenoxy) is 1. The van der Waals surface area contributed by atoms with Crippen LogP contribution in [0.3, 0.4) is 0 Å². The van der Waals surface area contributed by atoms with Crippen LogP contribution in [0.15, 0.2) is 35.2 Å². The Hall–Kier alpha value is -0.590. The number of fused-ring (bicyclic) bond motifs is 1. The van der Waals surface area contributed by atoms with Crippen molar-refractivity contribution in [3.63, 3.8) is 0 Å². The van der Waals surface area contributed by atoms with Crippen LogP contribution < -0.4 is 34.3 Å². The Morgan fingerprint density at radius 1 is 0.806 bits per heavy atom. The summed E-state index contributed by atoms with van der Waals surface area (Å²) in [5.74, 6) is 0.618. The van der Waals surface area contributed by atoms with Crippen molar-refractivity contribution in [1.29, 1.82) is 0 Å². The summed E-state index contributed by atoms with van der Waals surface area (Å²) >= 11 is 0. The molecule has 0 aliphatic rings. The largest absolute Gasteiger partial charge is 1.00 e. The molecule has 6 heteroatoms. The molecule has 0 spiro atoms. The maximum Gasteiger partial charge on any atom is 1.00 e. The van der Waals surface area contributed by atoms with Gasteiger partial charge in [0.25, 0.3) is 0 Å². The molecule has 0 unspecified atom stereocenters. The molecule has 0 aromatic heterocycles. The van der Waals surface area contributed by atoms with E-state index in [1.165, 1.54) is 63.9 Å². The second-order valence-electron chi connectivity index (χ2n) is 8.19. The molecule has 2 rings (SSSR count). The van der Waals surface area contributed by atoms with Gasteiger partial charge in [-0.2, -0.15) is 0 Å². The van der Waals surface area contributed by atoms with Crippen LogP contribution in [0.2, 0.25) is 0 Å². The van der Waals surface area contributed by atoms with Crippen molar-refractivity contribution in [2.45, 2.75) is 95.3 Å². The van der Waals surface area contributed by atoms with Crippen molar-refractivity contribution in [3.05, 3.63) is 35.9 Å². The van der Waals surface area contributed by atoms with Gasteiger partial charge in [-0.15, -0.1) is 0 Å². The Bertz CT molecular complexity index is 880. The van der Waals surface area contributed by atoms with Crippen molar-refractivity contribution in [2.24, 2.45) is 0 Å². The minimum atomic E-state index is -4.52. The van der Waals surface area contributed by atoms with Crippen LogP contribution in [-0.2, 0) is 16.5 Å². The molecule has 31 heavy (non-hydrogen) atoms. The maximum absolute atomic E-state index is 11.8. The van der Waals surface area contributed by atoms with Gasteiger partial charge in [-0.05, 0) is 35.9 Å². The Morgan fingerprint density at radius 2 is 1.35 bits per heavy atom. The Morgan fingerprint density at radius 3 is 1.87 bits per heavy atom. The number of hydrogen-bond acceptors (Lipinski definition) is 4. The molecule has 168 valence electrons. The molecule has 0 aliphatic carbocycles. The quantitative estimate of drug-likeness (QED) is 0.231. The smallest absolute Gasteiger partial charge is 0.744 e. The minimum Gasteiger partial charge on any atom is -0.744 e. The van der Waals surface area contributed by atoms with Crippen molar-refractivity contribution in [1.82, 2.24) is 0 Å². The van der Waals surface area contributed by atoms with Gasteiger partial charge in [0, 0.05) is 5.39 Å². The van der Waals surface area contributed by atoms with Crippen LogP contribution in [0, 0.1) is 0 Å². The molecule has 0 radical (unpaired) electrons. The van der Waals surface area contributed by atoms with Gasteiger partial charge in [0.15, 0.2) is 0 Å². The van der Waals surface area contributed by atoms with Crippen molar-refractivity contribution < 1.29 is 47.3 Å². The van der Waals surface area contributed by atoms with Crippen LogP contribution in [0.5, 0.6) is 5.75 Å². The fraction of sp³-hybridized carbons (Fsp3) is 0.600. The second kappa shape index (κ2) is 15.3. The van der Waals surface area contributed by atoms with Crippen LogP contribution >= 0.6 is 0 Å². The Labute approximate surface area is 211 Å². The monoisotopic (exact) mass is 456 g/mol. The second-order valence-corrected chi connectivity index (χ2v) is 9.54. The summed E-state index contributed by atoms with van der Waals surface area (Å²) in [4.78, 5) is -0.109. The van der Waals surface area contributed by atoms with Gasteiger partial charge in [0.2, 0.25) is 0 Å². The number of benzene rings is 2. The topological polar surface area (TPSA) is 66.4 Å². The molecular formula is C25H37NaO4S. The molecule has 0 N–H and O–H groups in total. The van der Waals surface area contributed by atoms with E-state index in [0.717, 1.165) is 30.0 Å². The van der Waals surface area contributed by atoms with Gasteiger partial charge >= 0.3 is 29.6 Å². The van der Waals surface area contributed by atoms with Gasteiger partial charge in [-0.1, -0.05) is 95.8 Å². The minimum absolute atomic E-state index is 0. The molecule has 0 fully saturated rings. The molecular weight excluding hydrogens is 419 g/mol. The van der Waals surface area contributed by atoms with Crippen LogP contribution in [0.1, 0.15) is 89.5 Å². The third-order valence-electron chi connectivity index (χ3n) is 5.84. The normalized spacial score (nSPS) is 11.5. The SMILES string of the molecule is CCCCCCCCCCCCCCc1c(S(=O)(=O)[O-])ccc2cccc(OC)c12.[Na+]. The summed E-state index contributed by atoms with van der Waals surface area (Å²) in [7, 11) is -2.95. The zero-order valence-corrected chi connectivity index (χ0v) is 22.4. The number of rotatable bonds is 15. The standard InChI is InChI=1S/C25H38O4S.Na/c1-3-4-5-6-7-8-9-10-11-12-13-14-17-22-24(30(26,27)28)20-19-21-16-15-18-23(29-2)25(21)22;/h15-16,18-20H,3-14,17H2,1-2H3,(H,26,27,28);/q;+1/p-1. The summed E-state index contributed by atoms with van der Waals surface area (Å²) in [5.41, 5.74) is 0.604. The average molecular weight is 457 g/mol. The summed E-state index contributed by atoms with van der Waals surface area (Å²) in [5, 5.41) is 1.65. The molecule has 2 aromatic rings. The predicted molar refractivity (Wildman–Crippen MR) is 123 cm³/mol. The van der Waals surface area contributed by atoms with E-state index >= 15 is 0 Å². The maximum atomic E-state index is 11.8. The van der Waals surface area contributed by atoms with Crippen LogP contribution in [-0.4, -0.2) is 20.1 Å². The third kappa shape index (κ3) is 9.43. The van der Waals surface area contributed by atoms with Crippen LogP contribution in [0.25, 0.3) is 10.8 Å². The van der Waals surface area contributed by atoms with E-state index in [4.69, 9.17) is 4.74 Å². The predicted octanol–water partition coefficient (Wildman–Crippen LogP) is 4.00. The number of unbranched alkanes of at least 4 members (excludes halogenated alkanes) is 11. The Balaban J connectivity index is 0.00000480. The fourth-order valence-electron chi connectivity index (χ4n) is 4.19. The number of hydrogen-bond donors (Lipinski definition) is 0. The summed E-state index contributed by atoms with van der Waals surface area (Å²) in [6.45, 7) is 2.25. The van der Waals surface area contributed by atoms with Crippen LogP contribution in [0.4, 0.5) is 0 Å². The average Bonchev–Trinajstić information content (AvgIpc) is 2.73. The van der Waals surface area contributed by atoms with Gasteiger partial charge in [-0.3, -0.25) is 0 Å². The number of aryl methyl sites for hydroxylation is 1. The van der Waals surface area contributed by atoms with E-state index in [9.17, 15) is 13.0 Å². The molecule has 2 aromatic carbocycles. The Kier molecular flexibility index (Phi) is 14.0. The van der Waals surface area contributed by atoms with E-state index in [0.29, 0.717) is 17.7 Å². The van der Waals surface area contributed by atoms with E-state index in [2.05, 4.69) is 6.92 Å². The summed E-state index contributed by atoms with van der Waals surface area (Å²) in [6.07, 6.45) is 15.5. The summed E-state index contributed by atoms with van der Waals surface area (Å²) in [6, 6.07) is 8.74. The zero-order valence-electron chi connectivity index (χ0n) is 19.6. The number of methoxy groups -OCH3 is 1. The van der Waals surface area contributed by atoms with Gasteiger partial charge in [0.1, 0.15) is 15.9 Å². The zero-order chi connectivity index (χ0) is 21.8. The first-order valence-electron chi connectivity index (χ1n) is 11.5. The van der Waals surface area contributed by atoms with Gasteiger partial charge < -0.3 is 9.29 Å². The molecule has 4 nitrogen and oxygen atoms in total. The molecule has 0 saturated heterocycles. The van der Waals surface area contributed by atoms with Crippen molar-refractivity contribution in [3.8, 4) is 5.75 Å². The van der Waals surface area contributed by atoms with Crippen molar-refractivity contribution in [2.75, 3.05) is 7.11 Å². The molecule has 0 saturated carbocycles. The van der Waals surface area contributed by atoms with E-state index in [-0.39, 0.29) is 34.5 Å². The van der Waals surface area contributed by atoms with Crippen molar-refractivity contribution >= 4 is 20.9 Å². The molecule has 0 atom stereocenters. The van der Waals surface area contributed by atoms with Gasteiger partial charge in [0.05, 0.1) is 12.0 Å². The summed E-state index contributed by atoms with van der Waals surface area (Å²) < 4.78 is 40.9. The van der Waals surface area contributed by atoms with E-state index in [1.807, 2.05) is 18.2 Å². The first kappa shape index (κ1) is 28.4. The molecule has 0 amide bonds. The molecule has 0 aliphatic heterocycles. The molecule has 0 bridgehead atoms. The van der Waals surface area contributed by atoms with E-state index < -0.39 is 10.1 Å².